The quantitative estimate of drug-likeness (QED) is 0.816. The standard InChI is InChI=1S/C13H14BrN3OS2/c1-8(10-3-5-11(14)6-4-10)15-12(18)7-19-13-17-16-9(2)20-13/h3-6,8H,7H2,1-2H3,(H,15,18)/t8-/m0/s1. The van der Waals surface area contributed by atoms with Crippen LogP contribution in [0.3, 0.4) is 0 Å². The van der Waals surface area contributed by atoms with Crippen LogP contribution in [0.2, 0.25) is 0 Å². The Hall–Kier alpha value is -0.920. The third kappa shape index (κ3) is 4.57. The van der Waals surface area contributed by atoms with E-state index in [4.69, 9.17) is 0 Å². The molecule has 0 fully saturated rings. The maximum atomic E-state index is 11.9. The molecule has 7 heteroatoms. The van der Waals surface area contributed by atoms with E-state index >= 15 is 0 Å². The van der Waals surface area contributed by atoms with Gasteiger partial charge in [0.25, 0.3) is 0 Å². The number of benzene rings is 1. The van der Waals surface area contributed by atoms with Crippen LogP contribution in [0.15, 0.2) is 33.1 Å². The van der Waals surface area contributed by atoms with Crippen molar-refractivity contribution in [1.82, 2.24) is 15.5 Å². The topological polar surface area (TPSA) is 54.9 Å². The molecule has 0 unspecified atom stereocenters. The Morgan fingerprint density at radius 2 is 2.10 bits per heavy atom. The van der Waals surface area contributed by atoms with Crippen molar-refractivity contribution in [2.24, 2.45) is 0 Å². The van der Waals surface area contributed by atoms with Gasteiger partial charge in [0, 0.05) is 4.47 Å². The first kappa shape index (κ1) is 15.5. The van der Waals surface area contributed by atoms with Crippen molar-refractivity contribution in [2.75, 3.05) is 5.75 Å². The molecule has 0 aliphatic carbocycles. The van der Waals surface area contributed by atoms with Crippen molar-refractivity contribution in [3.8, 4) is 0 Å². The van der Waals surface area contributed by atoms with Crippen molar-refractivity contribution < 1.29 is 4.79 Å². The normalized spacial score (nSPS) is 12.2. The number of carbonyl (C=O) groups excluding carboxylic acids is 1. The summed E-state index contributed by atoms with van der Waals surface area (Å²) in [6, 6.07) is 7.92. The van der Waals surface area contributed by atoms with Crippen molar-refractivity contribution >= 4 is 44.9 Å². The van der Waals surface area contributed by atoms with E-state index in [1.807, 2.05) is 38.1 Å². The summed E-state index contributed by atoms with van der Waals surface area (Å²) in [6.45, 7) is 3.87. The van der Waals surface area contributed by atoms with Gasteiger partial charge in [-0.15, -0.1) is 10.2 Å². The number of hydrogen-bond donors (Lipinski definition) is 1. The molecule has 1 amide bonds. The van der Waals surface area contributed by atoms with E-state index in [0.29, 0.717) is 5.75 Å². The molecule has 2 aromatic rings. The van der Waals surface area contributed by atoms with E-state index < -0.39 is 0 Å². The maximum absolute atomic E-state index is 11.9. The van der Waals surface area contributed by atoms with Crippen molar-refractivity contribution in [3.63, 3.8) is 0 Å². The SMILES string of the molecule is Cc1nnc(SCC(=O)N[C@@H](C)c2ccc(Br)cc2)s1. The number of aromatic nitrogens is 2. The number of halogens is 1. The van der Waals surface area contributed by atoms with Crippen LogP contribution >= 0.6 is 39.0 Å². The van der Waals surface area contributed by atoms with Crippen LogP contribution in [0.1, 0.15) is 23.5 Å². The van der Waals surface area contributed by atoms with Gasteiger partial charge in [-0.25, -0.2) is 0 Å². The number of nitrogens with one attached hydrogen (secondary N) is 1. The van der Waals surface area contributed by atoms with Crippen LogP contribution in [-0.4, -0.2) is 21.9 Å². The van der Waals surface area contributed by atoms with Gasteiger partial charge in [0.2, 0.25) is 5.91 Å². The third-order valence-corrected chi connectivity index (χ3v) is 5.08. The van der Waals surface area contributed by atoms with Crippen LogP contribution < -0.4 is 5.32 Å². The molecular weight excluding hydrogens is 358 g/mol. The summed E-state index contributed by atoms with van der Waals surface area (Å²) in [5.74, 6) is 0.355. The molecule has 0 spiro atoms. The molecule has 0 saturated carbocycles. The molecule has 1 N–H and O–H groups in total. The lowest BCUT2D eigenvalue weighted by Crippen LogP contribution is -2.28. The van der Waals surface area contributed by atoms with Crippen LogP contribution in [0.5, 0.6) is 0 Å². The Labute approximate surface area is 134 Å². The summed E-state index contributed by atoms with van der Waals surface area (Å²) < 4.78 is 1.86. The molecule has 0 aliphatic heterocycles. The molecule has 0 aliphatic rings. The molecule has 2 rings (SSSR count). The Morgan fingerprint density at radius 1 is 1.40 bits per heavy atom. The van der Waals surface area contributed by atoms with Gasteiger partial charge in [-0.05, 0) is 31.5 Å². The molecule has 0 saturated heterocycles. The number of amides is 1. The minimum absolute atomic E-state index is 0.00160. The summed E-state index contributed by atoms with van der Waals surface area (Å²) >= 11 is 6.31. The summed E-state index contributed by atoms with van der Waals surface area (Å²) in [5, 5.41) is 11.8. The summed E-state index contributed by atoms with van der Waals surface area (Å²) in [6.07, 6.45) is 0. The predicted octanol–water partition coefficient (Wildman–Crippen LogP) is 3.58. The Morgan fingerprint density at radius 3 is 2.70 bits per heavy atom. The average Bonchev–Trinajstić information content (AvgIpc) is 2.83. The number of rotatable bonds is 5. The molecule has 106 valence electrons. The van der Waals surface area contributed by atoms with E-state index in [0.717, 1.165) is 19.4 Å². The van der Waals surface area contributed by atoms with E-state index in [2.05, 4.69) is 31.4 Å². The number of thioether (sulfide) groups is 1. The molecule has 4 nitrogen and oxygen atoms in total. The van der Waals surface area contributed by atoms with E-state index in [-0.39, 0.29) is 11.9 Å². The van der Waals surface area contributed by atoms with Crippen LogP contribution in [0.25, 0.3) is 0 Å². The minimum Gasteiger partial charge on any atom is -0.349 e. The molecule has 1 atom stereocenters. The van der Waals surface area contributed by atoms with Gasteiger partial charge in [0.15, 0.2) is 4.34 Å². The van der Waals surface area contributed by atoms with E-state index in [1.165, 1.54) is 23.1 Å². The third-order valence-electron chi connectivity index (χ3n) is 2.58. The Kier molecular flexibility index (Phi) is 5.56. The fourth-order valence-electron chi connectivity index (χ4n) is 1.58. The zero-order chi connectivity index (χ0) is 14.5. The first-order valence-electron chi connectivity index (χ1n) is 6.02. The summed E-state index contributed by atoms with van der Waals surface area (Å²) in [7, 11) is 0. The zero-order valence-electron chi connectivity index (χ0n) is 11.1. The highest BCUT2D eigenvalue weighted by atomic mass is 79.9. The lowest BCUT2D eigenvalue weighted by atomic mass is 10.1. The highest BCUT2D eigenvalue weighted by Crippen LogP contribution is 2.22. The van der Waals surface area contributed by atoms with Crippen molar-refractivity contribution in [2.45, 2.75) is 24.2 Å². The molecule has 1 aromatic carbocycles. The number of nitrogens with zero attached hydrogens (tertiary/aromatic N) is 2. The monoisotopic (exact) mass is 371 g/mol. The van der Waals surface area contributed by atoms with Gasteiger partial charge in [0.1, 0.15) is 5.01 Å². The fourth-order valence-corrected chi connectivity index (χ4v) is 3.47. The number of carbonyl (C=O) groups is 1. The number of aryl methyl sites for hydroxylation is 1. The van der Waals surface area contributed by atoms with Gasteiger partial charge >= 0.3 is 0 Å². The summed E-state index contributed by atoms with van der Waals surface area (Å²) in [5.41, 5.74) is 1.08. The first-order chi connectivity index (χ1) is 9.54. The van der Waals surface area contributed by atoms with Crippen molar-refractivity contribution in [1.29, 1.82) is 0 Å². The molecule has 1 heterocycles. The van der Waals surface area contributed by atoms with Gasteiger partial charge in [-0.2, -0.15) is 0 Å². The Balaban J connectivity index is 1.83. The highest BCUT2D eigenvalue weighted by molar-refractivity contribution is 9.10. The van der Waals surface area contributed by atoms with Crippen LogP contribution in [-0.2, 0) is 4.79 Å². The lowest BCUT2D eigenvalue weighted by molar-refractivity contribution is -0.119. The molecule has 0 radical (unpaired) electrons. The van der Waals surface area contributed by atoms with E-state index in [1.54, 1.807) is 0 Å². The number of hydrogen-bond acceptors (Lipinski definition) is 5. The smallest absolute Gasteiger partial charge is 0.230 e. The second-order valence-electron chi connectivity index (χ2n) is 4.22. The Bertz CT molecular complexity index is 586. The van der Waals surface area contributed by atoms with Crippen LogP contribution in [0, 0.1) is 6.92 Å². The molecule has 20 heavy (non-hydrogen) atoms. The summed E-state index contributed by atoms with van der Waals surface area (Å²) in [4.78, 5) is 11.9. The minimum atomic E-state index is -0.00708. The predicted molar refractivity (Wildman–Crippen MR) is 86.1 cm³/mol. The second kappa shape index (κ2) is 7.19. The van der Waals surface area contributed by atoms with E-state index in [9.17, 15) is 4.79 Å². The largest absolute Gasteiger partial charge is 0.349 e. The van der Waals surface area contributed by atoms with Crippen LogP contribution in [0.4, 0.5) is 0 Å². The highest BCUT2D eigenvalue weighted by Gasteiger charge is 2.11. The first-order valence-corrected chi connectivity index (χ1v) is 8.62. The molecule has 1 aromatic heterocycles. The van der Waals surface area contributed by atoms with Gasteiger partial charge in [0.05, 0.1) is 11.8 Å². The van der Waals surface area contributed by atoms with Gasteiger partial charge in [-0.3, -0.25) is 4.79 Å². The fraction of sp³-hybridized carbons (Fsp3) is 0.308. The molecular formula is C13H14BrN3OS2. The molecule has 0 bridgehead atoms. The average molecular weight is 372 g/mol. The lowest BCUT2D eigenvalue weighted by Gasteiger charge is -2.14. The van der Waals surface area contributed by atoms with Crippen molar-refractivity contribution in [3.05, 3.63) is 39.3 Å². The maximum Gasteiger partial charge on any atom is 0.230 e. The van der Waals surface area contributed by atoms with Gasteiger partial charge < -0.3 is 5.32 Å². The zero-order valence-corrected chi connectivity index (χ0v) is 14.3. The van der Waals surface area contributed by atoms with Gasteiger partial charge in [-0.1, -0.05) is 51.2 Å². The second-order valence-corrected chi connectivity index (χ2v) is 7.54.